The second-order valence-electron chi connectivity index (χ2n) is 4.96. The van der Waals surface area contributed by atoms with Crippen LogP contribution in [0.1, 0.15) is 39.2 Å². The smallest absolute Gasteiger partial charge is 0.226 e. The molecule has 112 valence electrons. The molecule has 1 rings (SSSR count). The third kappa shape index (κ3) is 5.27. The number of nitrogens with one attached hydrogen (secondary N) is 1. The minimum absolute atomic E-state index is 0.0244. The summed E-state index contributed by atoms with van der Waals surface area (Å²) in [6, 6.07) is 8.89. The SMILES string of the molecule is CCC(C)N(CCC(=O)Nc1cccc(C#N)c1)C(C)=O. The molecule has 0 spiro atoms. The zero-order valence-corrected chi connectivity index (χ0v) is 12.7. The van der Waals surface area contributed by atoms with Crippen molar-refractivity contribution in [1.29, 1.82) is 5.26 Å². The van der Waals surface area contributed by atoms with Crippen LogP contribution in [-0.2, 0) is 9.59 Å². The molecule has 2 amide bonds. The first kappa shape index (κ1) is 16.7. The number of hydrogen-bond acceptors (Lipinski definition) is 3. The zero-order chi connectivity index (χ0) is 15.8. The van der Waals surface area contributed by atoms with Gasteiger partial charge in [0.1, 0.15) is 0 Å². The van der Waals surface area contributed by atoms with E-state index in [4.69, 9.17) is 5.26 Å². The molecule has 1 aromatic carbocycles. The Morgan fingerprint density at radius 2 is 2.14 bits per heavy atom. The van der Waals surface area contributed by atoms with Crippen LogP contribution < -0.4 is 5.32 Å². The number of anilines is 1. The Morgan fingerprint density at radius 1 is 1.43 bits per heavy atom. The average molecular weight is 287 g/mol. The summed E-state index contributed by atoms with van der Waals surface area (Å²) in [7, 11) is 0. The molecule has 0 saturated carbocycles. The first-order valence-corrected chi connectivity index (χ1v) is 7.05. The third-order valence-electron chi connectivity index (χ3n) is 3.38. The largest absolute Gasteiger partial charge is 0.340 e. The number of nitriles is 1. The van der Waals surface area contributed by atoms with E-state index in [1.165, 1.54) is 6.92 Å². The van der Waals surface area contributed by atoms with E-state index in [0.29, 0.717) is 17.8 Å². The highest BCUT2D eigenvalue weighted by molar-refractivity contribution is 5.91. The fourth-order valence-electron chi connectivity index (χ4n) is 2.02. The van der Waals surface area contributed by atoms with E-state index in [2.05, 4.69) is 5.32 Å². The quantitative estimate of drug-likeness (QED) is 0.873. The molecular formula is C16H21N3O2. The Bertz CT molecular complexity index is 549. The molecule has 0 bridgehead atoms. The van der Waals surface area contributed by atoms with Crippen LogP contribution in [0.25, 0.3) is 0 Å². The Balaban J connectivity index is 2.57. The minimum Gasteiger partial charge on any atom is -0.340 e. The molecule has 1 atom stereocenters. The van der Waals surface area contributed by atoms with Crippen molar-refractivity contribution in [3.63, 3.8) is 0 Å². The van der Waals surface area contributed by atoms with Gasteiger partial charge < -0.3 is 10.2 Å². The molecule has 5 heteroatoms. The van der Waals surface area contributed by atoms with Crippen molar-refractivity contribution in [3.8, 4) is 6.07 Å². The van der Waals surface area contributed by atoms with Gasteiger partial charge in [0, 0.05) is 31.6 Å². The van der Waals surface area contributed by atoms with Crippen molar-refractivity contribution in [2.75, 3.05) is 11.9 Å². The molecule has 5 nitrogen and oxygen atoms in total. The van der Waals surface area contributed by atoms with E-state index in [-0.39, 0.29) is 24.3 Å². The molecule has 0 aliphatic rings. The first-order valence-electron chi connectivity index (χ1n) is 7.05. The van der Waals surface area contributed by atoms with Gasteiger partial charge >= 0.3 is 0 Å². The molecule has 1 unspecified atom stereocenters. The van der Waals surface area contributed by atoms with Gasteiger partial charge in [0.05, 0.1) is 11.6 Å². The number of rotatable bonds is 6. The second-order valence-corrected chi connectivity index (χ2v) is 4.96. The lowest BCUT2D eigenvalue weighted by Gasteiger charge is -2.27. The van der Waals surface area contributed by atoms with Gasteiger partial charge in [0.2, 0.25) is 11.8 Å². The van der Waals surface area contributed by atoms with E-state index in [0.717, 1.165) is 6.42 Å². The van der Waals surface area contributed by atoms with Gasteiger partial charge in [0.25, 0.3) is 0 Å². The summed E-state index contributed by atoms with van der Waals surface area (Å²) in [5.41, 5.74) is 1.09. The lowest BCUT2D eigenvalue weighted by atomic mass is 10.2. The van der Waals surface area contributed by atoms with Crippen LogP contribution in [0.3, 0.4) is 0 Å². The summed E-state index contributed by atoms with van der Waals surface area (Å²) in [6.07, 6.45) is 1.09. The maximum atomic E-state index is 11.9. The summed E-state index contributed by atoms with van der Waals surface area (Å²) in [5, 5.41) is 11.6. The number of amides is 2. The minimum atomic E-state index is -0.167. The molecule has 0 aliphatic heterocycles. The van der Waals surface area contributed by atoms with Gasteiger partial charge in [0.15, 0.2) is 0 Å². The van der Waals surface area contributed by atoms with Gasteiger partial charge in [-0.25, -0.2) is 0 Å². The van der Waals surface area contributed by atoms with Crippen LogP contribution in [0.5, 0.6) is 0 Å². The molecule has 1 N–H and O–H groups in total. The highest BCUT2D eigenvalue weighted by atomic mass is 16.2. The van der Waals surface area contributed by atoms with Gasteiger partial charge in [-0.15, -0.1) is 0 Å². The van der Waals surface area contributed by atoms with Gasteiger partial charge in [-0.3, -0.25) is 9.59 Å². The van der Waals surface area contributed by atoms with Gasteiger partial charge in [-0.05, 0) is 31.5 Å². The summed E-state index contributed by atoms with van der Waals surface area (Å²) < 4.78 is 0. The van der Waals surface area contributed by atoms with Crippen molar-refractivity contribution >= 4 is 17.5 Å². The summed E-state index contributed by atoms with van der Waals surface area (Å²) in [6.45, 7) is 5.89. The average Bonchev–Trinajstić information content (AvgIpc) is 2.46. The van der Waals surface area contributed by atoms with Gasteiger partial charge in [-0.2, -0.15) is 5.26 Å². The highest BCUT2D eigenvalue weighted by Gasteiger charge is 2.16. The molecule has 0 saturated heterocycles. The molecule has 1 aromatic rings. The van der Waals surface area contributed by atoms with Crippen molar-refractivity contribution in [2.24, 2.45) is 0 Å². The summed E-state index contributed by atoms with van der Waals surface area (Å²) in [4.78, 5) is 25.2. The van der Waals surface area contributed by atoms with Crippen LogP contribution in [0.4, 0.5) is 5.69 Å². The van der Waals surface area contributed by atoms with E-state index in [9.17, 15) is 9.59 Å². The molecule has 0 fully saturated rings. The van der Waals surface area contributed by atoms with E-state index < -0.39 is 0 Å². The van der Waals surface area contributed by atoms with Crippen molar-refractivity contribution in [2.45, 2.75) is 39.7 Å². The maximum Gasteiger partial charge on any atom is 0.226 e. The van der Waals surface area contributed by atoms with Crippen molar-refractivity contribution in [3.05, 3.63) is 29.8 Å². The molecular weight excluding hydrogens is 266 g/mol. The number of benzene rings is 1. The van der Waals surface area contributed by atoms with Gasteiger partial charge in [-0.1, -0.05) is 13.0 Å². The number of hydrogen-bond donors (Lipinski definition) is 1. The van der Waals surface area contributed by atoms with Crippen LogP contribution in [0.15, 0.2) is 24.3 Å². The lowest BCUT2D eigenvalue weighted by Crippen LogP contribution is -2.38. The Labute approximate surface area is 125 Å². The third-order valence-corrected chi connectivity index (χ3v) is 3.38. The van der Waals surface area contributed by atoms with Crippen molar-refractivity contribution in [1.82, 2.24) is 4.90 Å². The van der Waals surface area contributed by atoms with Crippen LogP contribution >= 0.6 is 0 Å². The molecule has 0 heterocycles. The zero-order valence-electron chi connectivity index (χ0n) is 12.7. The van der Waals surface area contributed by atoms with Crippen LogP contribution in [0, 0.1) is 11.3 Å². The van der Waals surface area contributed by atoms with Crippen molar-refractivity contribution < 1.29 is 9.59 Å². The molecule has 0 aliphatic carbocycles. The molecule has 21 heavy (non-hydrogen) atoms. The second kappa shape index (κ2) is 8.05. The maximum absolute atomic E-state index is 11.9. The Hall–Kier alpha value is -2.35. The highest BCUT2D eigenvalue weighted by Crippen LogP contribution is 2.11. The monoisotopic (exact) mass is 287 g/mol. The fraction of sp³-hybridized carbons (Fsp3) is 0.438. The summed E-state index contributed by atoms with van der Waals surface area (Å²) in [5.74, 6) is -0.191. The number of carbonyl (C=O) groups is 2. The molecule has 0 aromatic heterocycles. The Kier molecular flexibility index (Phi) is 6.41. The van der Waals surface area contributed by atoms with Crippen LogP contribution in [0.2, 0.25) is 0 Å². The predicted octanol–water partition coefficient (Wildman–Crippen LogP) is 2.53. The number of carbonyl (C=O) groups excluding carboxylic acids is 2. The first-order chi connectivity index (χ1) is 9.97. The Morgan fingerprint density at radius 3 is 2.71 bits per heavy atom. The van der Waals surface area contributed by atoms with E-state index in [1.807, 2.05) is 19.9 Å². The lowest BCUT2D eigenvalue weighted by molar-refractivity contribution is -0.131. The normalized spacial score (nSPS) is 11.3. The standard InChI is InChI=1S/C16H21N3O2/c1-4-12(2)19(13(3)20)9-8-16(21)18-15-7-5-6-14(10-15)11-17/h5-7,10,12H,4,8-9H2,1-3H3,(H,18,21). The fourth-order valence-corrected chi connectivity index (χ4v) is 2.02. The summed E-state index contributed by atoms with van der Waals surface area (Å²) >= 11 is 0. The molecule has 0 radical (unpaired) electrons. The van der Waals surface area contributed by atoms with E-state index in [1.54, 1.807) is 29.2 Å². The topological polar surface area (TPSA) is 73.2 Å². The predicted molar refractivity (Wildman–Crippen MR) is 81.5 cm³/mol. The van der Waals surface area contributed by atoms with E-state index >= 15 is 0 Å². The van der Waals surface area contributed by atoms with Crippen LogP contribution in [-0.4, -0.2) is 29.3 Å². The number of nitrogens with zero attached hydrogens (tertiary/aromatic N) is 2.